The highest BCUT2D eigenvalue weighted by Crippen LogP contribution is 2.40. The highest BCUT2D eigenvalue weighted by atomic mass is 16.3. The third kappa shape index (κ3) is 3.03. The van der Waals surface area contributed by atoms with E-state index in [1.54, 1.807) is 0 Å². The summed E-state index contributed by atoms with van der Waals surface area (Å²) in [7, 11) is 0. The summed E-state index contributed by atoms with van der Waals surface area (Å²) in [6.45, 7) is 0. The van der Waals surface area contributed by atoms with Crippen LogP contribution in [-0.2, 0) is 0 Å². The van der Waals surface area contributed by atoms with E-state index in [2.05, 4.69) is 108 Å². The standard InChI is InChI=1S/C37H22N2O/c1-3-10-26-23(8-1)20-24-9-2-4-11-27(24)34(26)31-21-25-17-16-22-18-19-30(38-36(22)37(25)39-31)28-13-7-15-33-35(28)29-12-5-6-14-32(29)40-33/h1-21,39H. The topological polar surface area (TPSA) is 41.8 Å². The Bertz CT molecular complexity index is 2390. The van der Waals surface area contributed by atoms with Gasteiger partial charge in [-0.05, 0) is 51.9 Å². The fraction of sp³-hybridized carbons (Fsp3) is 0. The zero-order valence-electron chi connectivity index (χ0n) is 21.5. The first-order valence-electron chi connectivity index (χ1n) is 13.6. The third-order valence-electron chi connectivity index (χ3n) is 8.17. The number of H-pyrrole nitrogens is 1. The number of hydrogen-bond acceptors (Lipinski definition) is 2. The van der Waals surface area contributed by atoms with Crippen LogP contribution in [0.3, 0.4) is 0 Å². The van der Waals surface area contributed by atoms with Crippen LogP contribution in [0.15, 0.2) is 132 Å². The monoisotopic (exact) mass is 510 g/mol. The highest BCUT2D eigenvalue weighted by Gasteiger charge is 2.16. The molecule has 9 rings (SSSR count). The van der Waals surface area contributed by atoms with E-state index in [1.807, 2.05) is 24.3 Å². The molecule has 0 bridgehead atoms. The summed E-state index contributed by atoms with van der Waals surface area (Å²) in [6, 6.07) is 44.9. The Morgan fingerprint density at radius 2 is 1.20 bits per heavy atom. The van der Waals surface area contributed by atoms with Crippen molar-refractivity contribution in [3.63, 3.8) is 0 Å². The van der Waals surface area contributed by atoms with Crippen LogP contribution in [0.25, 0.3) is 87.8 Å². The lowest BCUT2D eigenvalue weighted by atomic mass is 9.95. The van der Waals surface area contributed by atoms with Gasteiger partial charge in [-0.25, -0.2) is 4.98 Å². The van der Waals surface area contributed by atoms with Crippen LogP contribution >= 0.6 is 0 Å². The average molecular weight is 511 g/mol. The highest BCUT2D eigenvalue weighted by molar-refractivity contribution is 6.15. The first-order valence-corrected chi connectivity index (χ1v) is 13.6. The largest absolute Gasteiger partial charge is 0.456 e. The Hall–Kier alpha value is -5.41. The number of furan rings is 1. The van der Waals surface area contributed by atoms with Crippen LogP contribution in [0.4, 0.5) is 0 Å². The van der Waals surface area contributed by atoms with E-state index in [1.165, 1.54) is 27.1 Å². The molecule has 3 aromatic heterocycles. The van der Waals surface area contributed by atoms with Gasteiger partial charge in [-0.3, -0.25) is 0 Å². The molecule has 6 aromatic carbocycles. The molecule has 0 saturated carbocycles. The Labute approximate surface area is 229 Å². The zero-order chi connectivity index (χ0) is 26.2. The normalized spacial score (nSPS) is 12.0. The number of aromatic amines is 1. The molecule has 3 heteroatoms. The van der Waals surface area contributed by atoms with Gasteiger partial charge in [0.2, 0.25) is 0 Å². The number of pyridine rings is 1. The Balaban J connectivity index is 1.31. The fourth-order valence-electron chi connectivity index (χ4n) is 6.36. The number of aromatic nitrogens is 2. The number of rotatable bonds is 2. The van der Waals surface area contributed by atoms with E-state index in [9.17, 15) is 0 Å². The van der Waals surface area contributed by atoms with Gasteiger partial charge >= 0.3 is 0 Å². The first-order chi connectivity index (χ1) is 19.8. The van der Waals surface area contributed by atoms with E-state index in [4.69, 9.17) is 9.40 Å². The molecule has 186 valence electrons. The summed E-state index contributed by atoms with van der Waals surface area (Å²) in [4.78, 5) is 9.07. The SMILES string of the molecule is c1ccc2c(-c3cc4ccc5ccc(-c6cccc7oc8ccccc8c67)nc5c4[nH]3)c3ccccc3cc2c1. The third-order valence-corrected chi connectivity index (χ3v) is 8.17. The molecule has 40 heavy (non-hydrogen) atoms. The van der Waals surface area contributed by atoms with Gasteiger partial charge in [0.15, 0.2) is 0 Å². The number of para-hydroxylation sites is 1. The van der Waals surface area contributed by atoms with Crippen molar-refractivity contribution in [2.45, 2.75) is 0 Å². The summed E-state index contributed by atoms with van der Waals surface area (Å²) < 4.78 is 6.16. The van der Waals surface area contributed by atoms with E-state index >= 15 is 0 Å². The van der Waals surface area contributed by atoms with Crippen molar-refractivity contribution in [3.05, 3.63) is 127 Å². The van der Waals surface area contributed by atoms with Crippen molar-refractivity contribution in [1.82, 2.24) is 9.97 Å². The summed E-state index contributed by atoms with van der Waals surface area (Å²) in [6.07, 6.45) is 0. The van der Waals surface area contributed by atoms with E-state index in [0.717, 1.165) is 60.7 Å². The second-order valence-corrected chi connectivity index (χ2v) is 10.5. The van der Waals surface area contributed by atoms with Crippen molar-refractivity contribution in [2.75, 3.05) is 0 Å². The molecule has 0 spiro atoms. The second kappa shape index (κ2) is 8.05. The lowest BCUT2D eigenvalue weighted by Gasteiger charge is -2.10. The van der Waals surface area contributed by atoms with Gasteiger partial charge in [-0.2, -0.15) is 0 Å². The molecule has 3 heterocycles. The van der Waals surface area contributed by atoms with Gasteiger partial charge in [0.25, 0.3) is 0 Å². The lowest BCUT2D eigenvalue weighted by molar-refractivity contribution is 0.669. The Morgan fingerprint density at radius 1 is 0.525 bits per heavy atom. The molecule has 9 aromatic rings. The fourth-order valence-corrected chi connectivity index (χ4v) is 6.36. The number of hydrogen-bond donors (Lipinski definition) is 1. The predicted molar refractivity (Wildman–Crippen MR) is 167 cm³/mol. The summed E-state index contributed by atoms with van der Waals surface area (Å²) in [5.41, 5.74) is 8.13. The molecule has 0 saturated heterocycles. The number of fused-ring (bicyclic) bond motifs is 8. The summed E-state index contributed by atoms with van der Waals surface area (Å²) >= 11 is 0. The molecule has 0 aliphatic heterocycles. The number of nitrogens with one attached hydrogen (secondary N) is 1. The van der Waals surface area contributed by atoms with Crippen LogP contribution in [0.5, 0.6) is 0 Å². The van der Waals surface area contributed by atoms with Gasteiger partial charge in [0, 0.05) is 38.4 Å². The number of nitrogens with zero attached hydrogens (tertiary/aromatic N) is 1. The molecule has 0 aliphatic carbocycles. The minimum atomic E-state index is 0.879. The smallest absolute Gasteiger partial charge is 0.136 e. The molecule has 0 atom stereocenters. The molecule has 0 aliphatic rings. The minimum absolute atomic E-state index is 0.879. The maximum absolute atomic E-state index is 6.16. The summed E-state index contributed by atoms with van der Waals surface area (Å²) in [5.74, 6) is 0. The molecule has 0 fully saturated rings. The van der Waals surface area contributed by atoms with Gasteiger partial charge in [0.05, 0.1) is 16.7 Å². The van der Waals surface area contributed by atoms with Crippen LogP contribution in [0, 0.1) is 0 Å². The van der Waals surface area contributed by atoms with Crippen molar-refractivity contribution in [1.29, 1.82) is 0 Å². The van der Waals surface area contributed by atoms with E-state index in [0.29, 0.717) is 0 Å². The molecular weight excluding hydrogens is 488 g/mol. The molecule has 1 N–H and O–H groups in total. The van der Waals surface area contributed by atoms with Gasteiger partial charge in [0.1, 0.15) is 11.2 Å². The van der Waals surface area contributed by atoms with Crippen molar-refractivity contribution in [3.8, 4) is 22.5 Å². The molecule has 0 amide bonds. The first kappa shape index (κ1) is 21.5. The molecular formula is C37H22N2O. The Morgan fingerprint density at radius 3 is 2.02 bits per heavy atom. The second-order valence-electron chi connectivity index (χ2n) is 10.5. The van der Waals surface area contributed by atoms with Gasteiger partial charge in [-0.15, -0.1) is 0 Å². The predicted octanol–water partition coefficient (Wildman–Crippen LogP) is 10.3. The number of benzene rings is 6. The van der Waals surface area contributed by atoms with Crippen molar-refractivity contribution < 1.29 is 4.42 Å². The zero-order valence-corrected chi connectivity index (χ0v) is 21.5. The van der Waals surface area contributed by atoms with Gasteiger partial charge in [-0.1, -0.05) is 97.1 Å². The van der Waals surface area contributed by atoms with E-state index < -0.39 is 0 Å². The quantitative estimate of drug-likeness (QED) is 0.235. The van der Waals surface area contributed by atoms with Gasteiger partial charge < -0.3 is 9.40 Å². The maximum atomic E-state index is 6.16. The van der Waals surface area contributed by atoms with E-state index in [-0.39, 0.29) is 0 Å². The molecule has 0 radical (unpaired) electrons. The van der Waals surface area contributed by atoms with Crippen LogP contribution in [0.1, 0.15) is 0 Å². The summed E-state index contributed by atoms with van der Waals surface area (Å²) in [5, 5.41) is 9.42. The Kier molecular flexibility index (Phi) is 4.33. The lowest BCUT2D eigenvalue weighted by Crippen LogP contribution is -1.88. The van der Waals surface area contributed by atoms with Crippen LogP contribution in [0.2, 0.25) is 0 Å². The van der Waals surface area contributed by atoms with Crippen LogP contribution < -0.4 is 0 Å². The minimum Gasteiger partial charge on any atom is -0.456 e. The molecule has 3 nitrogen and oxygen atoms in total. The molecule has 0 unspecified atom stereocenters. The van der Waals surface area contributed by atoms with Crippen molar-refractivity contribution in [2.24, 2.45) is 0 Å². The average Bonchev–Trinajstić information content (AvgIpc) is 3.61. The van der Waals surface area contributed by atoms with Crippen molar-refractivity contribution >= 4 is 65.3 Å². The maximum Gasteiger partial charge on any atom is 0.136 e. The van der Waals surface area contributed by atoms with Crippen LogP contribution in [-0.4, -0.2) is 9.97 Å².